The lowest BCUT2D eigenvalue weighted by Crippen LogP contribution is -2.73. The molecule has 1 aromatic rings. The molecular formula is C13H17N5O9S2. The molecule has 1 saturated heterocycles. The number of thiazole rings is 1. The van der Waals surface area contributed by atoms with E-state index in [1.165, 1.54) is 12.5 Å². The third-order valence-electron chi connectivity index (χ3n) is 3.37. The van der Waals surface area contributed by atoms with Crippen molar-refractivity contribution in [2.24, 2.45) is 5.16 Å². The molecule has 0 aromatic carbocycles. The molecule has 1 fully saturated rings. The third kappa shape index (κ3) is 5.17. The Balaban J connectivity index is 2.19. The Morgan fingerprint density at radius 3 is 2.69 bits per heavy atom. The number of oxime groups is 1. The first-order valence-corrected chi connectivity index (χ1v) is 10.1. The van der Waals surface area contributed by atoms with Crippen LogP contribution in [0.1, 0.15) is 12.6 Å². The zero-order valence-corrected chi connectivity index (χ0v) is 16.7. The second-order valence-electron chi connectivity index (χ2n) is 5.26. The summed E-state index contributed by atoms with van der Waals surface area (Å²) in [6.45, 7) is 0.855. The fourth-order valence-electron chi connectivity index (χ4n) is 2.24. The van der Waals surface area contributed by atoms with Crippen molar-refractivity contribution in [1.82, 2.24) is 14.6 Å². The summed E-state index contributed by atoms with van der Waals surface area (Å²) in [5.41, 5.74) is 5.22. The van der Waals surface area contributed by atoms with Gasteiger partial charge < -0.3 is 25.4 Å². The van der Waals surface area contributed by atoms with Crippen molar-refractivity contribution < 1.29 is 41.7 Å². The Morgan fingerprint density at radius 2 is 2.17 bits per heavy atom. The SMILES string of the molecule is CCOC(=O)CO[C@@H]1[C@H](NC(=O)C(=NOC)c2csc(N)n2)C(=O)N1S(=O)(=O)O. The van der Waals surface area contributed by atoms with Gasteiger partial charge in [-0.3, -0.25) is 14.1 Å². The number of amides is 2. The minimum atomic E-state index is -5.00. The molecule has 0 spiro atoms. The molecule has 2 heterocycles. The van der Waals surface area contributed by atoms with Crippen molar-refractivity contribution in [2.45, 2.75) is 19.2 Å². The molecular weight excluding hydrogens is 434 g/mol. The van der Waals surface area contributed by atoms with Crippen molar-refractivity contribution >= 4 is 50.3 Å². The number of hydrogen-bond donors (Lipinski definition) is 3. The predicted octanol–water partition coefficient (Wildman–Crippen LogP) is -1.89. The van der Waals surface area contributed by atoms with Crippen LogP contribution in [-0.2, 0) is 39.0 Å². The molecule has 2 rings (SSSR count). The van der Waals surface area contributed by atoms with Crippen LogP contribution in [-0.4, -0.2) is 78.3 Å². The maximum absolute atomic E-state index is 12.5. The summed E-state index contributed by atoms with van der Waals surface area (Å²) in [6, 6.07) is -1.54. The molecule has 0 bridgehead atoms. The third-order valence-corrected chi connectivity index (χ3v) is 4.93. The van der Waals surface area contributed by atoms with Gasteiger partial charge in [-0.25, -0.2) is 9.78 Å². The largest absolute Gasteiger partial charge is 0.464 e. The molecule has 1 aromatic heterocycles. The number of nitrogens with one attached hydrogen (secondary N) is 1. The Labute approximate surface area is 168 Å². The molecule has 4 N–H and O–H groups in total. The number of β-lactam (4-membered cyclic amide) rings is 1. The van der Waals surface area contributed by atoms with Crippen LogP contribution in [0.25, 0.3) is 0 Å². The zero-order valence-electron chi connectivity index (χ0n) is 15.1. The number of carbonyl (C=O) groups excluding carboxylic acids is 3. The fraction of sp³-hybridized carbons (Fsp3) is 0.462. The van der Waals surface area contributed by atoms with Gasteiger partial charge in [-0.15, -0.1) is 11.3 Å². The maximum Gasteiger partial charge on any atom is 0.364 e. The van der Waals surface area contributed by atoms with Crippen LogP contribution in [0.4, 0.5) is 5.13 Å². The topological polar surface area (TPSA) is 200 Å². The van der Waals surface area contributed by atoms with E-state index in [0.29, 0.717) is 0 Å². The fourth-order valence-corrected chi connectivity index (χ4v) is 3.57. The molecule has 1 aliphatic rings. The number of nitrogens with two attached hydrogens (primary N) is 1. The Bertz CT molecular complexity index is 929. The summed E-state index contributed by atoms with van der Waals surface area (Å²) >= 11 is 1.02. The van der Waals surface area contributed by atoms with Crippen molar-refractivity contribution in [3.63, 3.8) is 0 Å². The average molecular weight is 451 g/mol. The van der Waals surface area contributed by atoms with Crippen LogP contribution in [0.15, 0.2) is 10.5 Å². The number of anilines is 1. The summed E-state index contributed by atoms with van der Waals surface area (Å²) in [5, 5.41) is 7.27. The zero-order chi connectivity index (χ0) is 21.8. The summed E-state index contributed by atoms with van der Waals surface area (Å²) in [5.74, 6) is -2.99. The highest BCUT2D eigenvalue weighted by Gasteiger charge is 2.55. The van der Waals surface area contributed by atoms with E-state index in [0.717, 1.165) is 11.3 Å². The smallest absolute Gasteiger partial charge is 0.364 e. The average Bonchev–Trinajstić information content (AvgIpc) is 3.05. The van der Waals surface area contributed by atoms with Crippen molar-refractivity contribution in [3.8, 4) is 0 Å². The minimum absolute atomic E-state index is 0.0227. The summed E-state index contributed by atoms with van der Waals surface area (Å²) < 4.78 is 41.6. The standard InChI is InChI=1S/C13H17N5O9S2/c1-3-26-7(19)4-27-12-9(11(21)18(12)29(22,23)24)16-10(20)8(17-25-2)6-5-28-13(14)15-6/h5,9,12H,3-4H2,1-2H3,(H2,14,15)(H,16,20)(H,22,23,24)/t9-,12-/m1/s1. The number of rotatable bonds is 9. The van der Waals surface area contributed by atoms with Crippen LogP contribution >= 0.6 is 11.3 Å². The van der Waals surface area contributed by atoms with Crippen LogP contribution in [0.3, 0.4) is 0 Å². The lowest BCUT2D eigenvalue weighted by atomic mass is 10.1. The molecule has 14 nitrogen and oxygen atoms in total. The molecule has 2 amide bonds. The van der Waals surface area contributed by atoms with E-state index in [1.54, 1.807) is 6.92 Å². The molecule has 2 atom stereocenters. The molecule has 1 aliphatic heterocycles. The normalized spacial score (nSPS) is 19.5. The Hall–Kier alpha value is -2.82. The van der Waals surface area contributed by atoms with Gasteiger partial charge in [0, 0.05) is 5.38 Å². The summed E-state index contributed by atoms with van der Waals surface area (Å²) in [4.78, 5) is 44.5. The van der Waals surface area contributed by atoms with Crippen molar-refractivity contribution in [2.75, 3.05) is 26.1 Å². The summed E-state index contributed by atoms with van der Waals surface area (Å²) in [7, 11) is -3.83. The number of ether oxygens (including phenoxy) is 2. The molecule has 0 saturated carbocycles. The van der Waals surface area contributed by atoms with Crippen molar-refractivity contribution in [3.05, 3.63) is 11.1 Å². The highest BCUT2D eigenvalue weighted by atomic mass is 32.2. The van der Waals surface area contributed by atoms with E-state index in [9.17, 15) is 27.4 Å². The van der Waals surface area contributed by atoms with Gasteiger partial charge in [0.15, 0.2) is 23.1 Å². The number of carbonyl (C=O) groups is 3. The van der Waals surface area contributed by atoms with E-state index in [2.05, 4.69) is 25.0 Å². The molecule has 0 radical (unpaired) electrons. The Morgan fingerprint density at radius 1 is 1.48 bits per heavy atom. The van der Waals surface area contributed by atoms with Gasteiger partial charge in [0.05, 0.1) is 6.61 Å². The van der Waals surface area contributed by atoms with Gasteiger partial charge in [-0.05, 0) is 6.92 Å². The van der Waals surface area contributed by atoms with Gasteiger partial charge in [0.25, 0.3) is 11.8 Å². The van der Waals surface area contributed by atoms with Gasteiger partial charge >= 0.3 is 16.3 Å². The highest BCUT2D eigenvalue weighted by molar-refractivity contribution is 7.84. The quantitative estimate of drug-likeness (QED) is 0.125. The molecule has 160 valence electrons. The van der Waals surface area contributed by atoms with Crippen LogP contribution in [0.5, 0.6) is 0 Å². The first kappa shape index (κ1) is 22.5. The highest BCUT2D eigenvalue weighted by Crippen LogP contribution is 2.25. The number of nitrogens with zero attached hydrogens (tertiary/aromatic N) is 3. The van der Waals surface area contributed by atoms with E-state index >= 15 is 0 Å². The summed E-state index contributed by atoms with van der Waals surface area (Å²) in [6.07, 6.45) is -1.69. The van der Waals surface area contributed by atoms with E-state index < -0.39 is 47.0 Å². The molecule has 29 heavy (non-hydrogen) atoms. The van der Waals surface area contributed by atoms with E-state index in [-0.39, 0.29) is 27.4 Å². The predicted molar refractivity (Wildman–Crippen MR) is 96.8 cm³/mol. The molecule has 0 unspecified atom stereocenters. The Kier molecular flexibility index (Phi) is 7.07. The lowest BCUT2D eigenvalue weighted by Gasteiger charge is -2.43. The second-order valence-corrected chi connectivity index (χ2v) is 7.44. The number of nitrogen functional groups attached to an aromatic ring is 1. The number of aromatic nitrogens is 1. The maximum atomic E-state index is 12.5. The lowest BCUT2D eigenvalue weighted by molar-refractivity contribution is -0.177. The van der Waals surface area contributed by atoms with Gasteiger partial charge in [-0.1, -0.05) is 5.16 Å². The monoisotopic (exact) mass is 451 g/mol. The van der Waals surface area contributed by atoms with Gasteiger partial charge in [0.1, 0.15) is 19.4 Å². The number of esters is 1. The van der Waals surface area contributed by atoms with Crippen LogP contribution < -0.4 is 11.1 Å². The van der Waals surface area contributed by atoms with Crippen LogP contribution in [0.2, 0.25) is 0 Å². The first-order valence-electron chi connectivity index (χ1n) is 7.81. The van der Waals surface area contributed by atoms with Crippen molar-refractivity contribution in [1.29, 1.82) is 0 Å². The number of hydrogen-bond acceptors (Lipinski definition) is 12. The minimum Gasteiger partial charge on any atom is -0.464 e. The van der Waals surface area contributed by atoms with Gasteiger partial charge in [0.2, 0.25) is 0 Å². The first-order chi connectivity index (χ1) is 13.6. The van der Waals surface area contributed by atoms with Crippen LogP contribution in [0, 0.1) is 0 Å². The van der Waals surface area contributed by atoms with E-state index in [4.69, 9.17) is 10.5 Å². The molecule has 16 heteroatoms. The van der Waals surface area contributed by atoms with E-state index in [1.807, 2.05) is 0 Å². The molecule has 0 aliphatic carbocycles. The van der Waals surface area contributed by atoms with Gasteiger partial charge in [-0.2, -0.15) is 12.7 Å². The second kappa shape index (κ2) is 9.12.